The molecule has 8 aromatic rings. The zero-order valence-corrected chi connectivity index (χ0v) is 38.3. The number of pyridine rings is 1. The van der Waals surface area contributed by atoms with Crippen molar-refractivity contribution in [2.24, 2.45) is 0 Å². The Morgan fingerprint density at radius 3 is 2.03 bits per heavy atom. The van der Waals surface area contributed by atoms with Crippen molar-refractivity contribution in [1.82, 2.24) is 9.55 Å². The smallest absolute Gasteiger partial charge is 0.135 e. The van der Waals surface area contributed by atoms with E-state index in [1.165, 1.54) is 23.8 Å². The largest absolute Gasteiger partial charge is 0.509 e. The average Bonchev–Trinajstić information content (AvgIpc) is 3.79. The van der Waals surface area contributed by atoms with Gasteiger partial charge < -0.3 is 19.1 Å². The summed E-state index contributed by atoms with van der Waals surface area (Å²) in [5.74, 6) is 1.16. The van der Waals surface area contributed by atoms with Gasteiger partial charge in [-0.2, -0.15) is 6.07 Å². The fourth-order valence-corrected chi connectivity index (χ4v) is 8.62. The van der Waals surface area contributed by atoms with Gasteiger partial charge in [0.25, 0.3) is 0 Å². The molecule has 5 nitrogen and oxygen atoms in total. The summed E-state index contributed by atoms with van der Waals surface area (Å²) in [6, 6.07) is 44.5. The van der Waals surface area contributed by atoms with Crippen LogP contribution in [0.25, 0.3) is 38.8 Å². The van der Waals surface area contributed by atoms with Gasteiger partial charge in [0, 0.05) is 61.3 Å². The second-order valence-electron chi connectivity index (χ2n) is 16.9. The molecular weight excluding hydrogens is 954 g/mol. The molecular formula is C54H49F2N4OPt-3. The number of benzene rings is 6. The van der Waals surface area contributed by atoms with E-state index in [0.717, 1.165) is 79.9 Å². The van der Waals surface area contributed by atoms with Crippen molar-refractivity contribution in [3.63, 3.8) is 0 Å². The first-order chi connectivity index (χ1) is 29.5. The molecule has 0 fully saturated rings. The molecule has 62 heavy (non-hydrogen) atoms. The Bertz CT molecular complexity index is 2890. The van der Waals surface area contributed by atoms with E-state index in [1.807, 2.05) is 36.5 Å². The molecule has 0 radical (unpaired) electrons. The first-order valence-electron chi connectivity index (χ1n) is 21.3. The molecule has 318 valence electrons. The number of ether oxygens (including phenoxy) is 1. The molecule has 0 saturated carbocycles. The first-order valence-corrected chi connectivity index (χ1v) is 21.3. The molecule has 0 N–H and O–H groups in total. The minimum atomic E-state index is -0.575. The summed E-state index contributed by atoms with van der Waals surface area (Å²) < 4.78 is 39.4. The van der Waals surface area contributed by atoms with Gasteiger partial charge in [0.05, 0.1) is 5.56 Å². The van der Waals surface area contributed by atoms with Gasteiger partial charge in [0.2, 0.25) is 0 Å². The van der Waals surface area contributed by atoms with Crippen molar-refractivity contribution < 1.29 is 34.6 Å². The Balaban J connectivity index is 0.00000529. The summed E-state index contributed by atoms with van der Waals surface area (Å²) in [6.07, 6.45) is 3.92. The third kappa shape index (κ3) is 7.81. The molecule has 3 heterocycles. The van der Waals surface area contributed by atoms with Crippen molar-refractivity contribution >= 4 is 44.6 Å². The van der Waals surface area contributed by atoms with Crippen LogP contribution in [0.3, 0.4) is 0 Å². The summed E-state index contributed by atoms with van der Waals surface area (Å²) >= 11 is 0. The Morgan fingerprint density at radius 1 is 0.677 bits per heavy atom. The minimum Gasteiger partial charge on any atom is -0.509 e. The average molecular weight is 1000 g/mol. The number of halogens is 2. The van der Waals surface area contributed by atoms with Gasteiger partial charge in [-0.3, -0.25) is 0 Å². The third-order valence-electron chi connectivity index (χ3n) is 11.7. The van der Waals surface area contributed by atoms with Gasteiger partial charge in [-0.1, -0.05) is 96.8 Å². The normalized spacial score (nSPS) is 12.6. The van der Waals surface area contributed by atoms with Gasteiger partial charge in [-0.25, -0.2) is 13.8 Å². The van der Waals surface area contributed by atoms with E-state index >= 15 is 8.78 Å². The van der Waals surface area contributed by atoms with Crippen LogP contribution in [0.4, 0.5) is 31.5 Å². The van der Waals surface area contributed by atoms with E-state index in [2.05, 4.69) is 148 Å². The van der Waals surface area contributed by atoms with E-state index in [4.69, 9.17) is 9.72 Å². The fraction of sp³-hybridized carbons (Fsp3) is 0.222. The minimum absolute atomic E-state index is 0. The zero-order chi connectivity index (χ0) is 42.5. The van der Waals surface area contributed by atoms with E-state index in [0.29, 0.717) is 17.1 Å². The van der Waals surface area contributed by atoms with Gasteiger partial charge >= 0.3 is 0 Å². The van der Waals surface area contributed by atoms with Crippen molar-refractivity contribution in [2.45, 2.75) is 79.1 Å². The quantitative estimate of drug-likeness (QED) is 0.121. The van der Waals surface area contributed by atoms with Gasteiger partial charge in [-0.05, 0) is 106 Å². The van der Waals surface area contributed by atoms with Gasteiger partial charge in [-0.15, -0.1) is 53.6 Å². The molecule has 0 saturated heterocycles. The van der Waals surface area contributed by atoms with Gasteiger partial charge in [0.15, 0.2) is 0 Å². The number of aromatic nitrogens is 2. The summed E-state index contributed by atoms with van der Waals surface area (Å²) in [4.78, 5) is 9.20. The van der Waals surface area contributed by atoms with Crippen LogP contribution in [0, 0.1) is 30.4 Å². The number of rotatable bonds is 11. The van der Waals surface area contributed by atoms with Crippen LogP contribution < -0.4 is 14.5 Å². The Kier molecular flexibility index (Phi) is 12.1. The van der Waals surface area contributed by atoms with Crippen LogP contribution in [-0.4, -0.2) is 9.55 Å². The second-order valence-corrected chi connectivity index (χ2v) is 16.9. The van der Waals surface area contributed by atoms with Crippen LogP contribution in [0.2, 0.25) is 0 Å². The maximum atomic E-state index is 15.3. The molecule has 9 rings (SSSR count). The number of para-hydroxylation sites is 3. The number of hydrogen-bond donors (Lipinski definition) is 0. The molecule has 1 aliphatic heterocycles. The molecule has 0 spiro atoms. The maximum absolute atomic E-state index is 15.3. The number of nitrogens with zero attached hydrogens (tertiary/aromatic N) is 4. The van der Waals surface area contributed by atoms with Crippen molar-refractivity contribution in [2.75, 3.05) is 9.80 Å². The SMILES string of the molecule is CCCc1ccnc(-n2c3[c-]c(Oc4[c-]c(N5[CH-]N(c6c(C(C)C)cc(-c7c(F)cccc7F)cc6C(C)C)c6ccccc65)cc(C(C)C)c4)ccc3c3ccccc32)c1.[Pt]. The summed E-state index contributed by atoms with van der Waals surface area (Å²) in [5, 5.41) is 2.20. The van der Waals surface area contributed by atoms with E-state index in [9.17, 15) is 0 Å². The van der Waals surface area contributed by atoms with Crippen LogP contribution in [0.5, 0.6) is 11.5 Å². The third-order valence-corrected chi connectivity index (χ3v) is 11.7. The summed E-state index contributed by atoms with van der Waals surface area (Å²) in [5.41, 5.74) is 10.6. The van der Waals surface area contributed by atoms with Crippen LogP contribution in [0.15, 0.2) is 121 Å². The zero-order valence-electron chi connectivity index (χ0n) is 36.0. The predicted octanol–water partition coefficient (Wildman–Crippen LogP) is 15.2. The number of anilines is 4. The standard InChI is InChI=1S/C54H49F2N4O.Pt/c1-8-14-36-23-24-57-52(25-36)60-48-18-10-9-15-42(48)43-22-21-40(31-51(43)60)61-41-27-37(33(2)3)26-39(30-41)58-32-59(50-20-12-11-19-49(50)58)54-44(34(4)5)28-38(29-45(54)35(6)7)53-46(55)16-13-17-47(53)56;/h9-13,15-29,32-35H,8,14H2,1-7H3;/q-3;. The summed E-state index contributed by atoms with van der Waals surface area (Å²) in [7, 11) is 0. The van der Waals surface area contributed by atoms with Crippen molar-refractivity contribution in [3.8, 4) is 28.4 Å². The number of fused-ring (bicyclic) bond motifs is 4. The van der Waals surface area contributed by atoms with E-state index < -0.39 is 11.6 Å². The van der Waals surface area contributed by atoms with Crippen molar-refractivity contribution in [3.05, 3.63) is 174 Å². The van der Waals surface area contributed by atoms with E-state index in [1.54, 1.807) is 0 Å². The van der Waals surface area contributed by atoms with Crippen LogP contribution >= 0.6 is 0 Å². The van der Waals surface area contributed by atoms with Gasteiger partial charge in [0.1, 0.15) is 17.5 Å². The first kappa shape index (κ1) is 42.9. The second kappa shape index (κ2) is 17.5. The molecule has 8 heteroatoms. The number of hydrogen-bond acceptors (Lipinski definition) is 4. The Morgan fingerprint density at radius 2 is 1.35 bits per heavy atom. The predicted molar refractivity (Wildman–Crippen MR) is 246 cm³/mol. The summed E-state index contributed by atoms with van der Waals surface area (Å²) in [6.45, 7) is 17.2. The molecule has 0 aliphatic carbocycles. The molecule has 0 amide bonds. The fourth-order valence-electron chi connectivity index (χ4n) is 8.62. The van der Waals surface area contributed by atoms with Crippen LogP contribution in [-0.2, 0) is 27.5 Å². The monoisotopic (exact) mass is 1000 g/mol. The van der Waals surface area contributed by atoms with Crippen LogP contribution in [0.1, 0.15) is 94.9 Å². The molecule has 0 atom stereocenters. The Hall–Kier alpha value is -5.78. The molecule has 0 unspecified atom stereocenters. The molecule has 6 aromatic carbocycles. The maximum Gasteiger partial charge on any atom is 0.135 e. The molecule has 2 aromatic heterocycles. The Labute approximate surface area is 378 Å². The molecule has 0 bridgehead atoms. The topological polar surface area (TPSA) is 33.5 Å². The number of aryl methyl sites for hydroxylation is 1. The molecule has 1 aliphatic rings. The van der Waals surface area contributed by atoms with E-state index in [-0.39, 0.29) is 44.4 Å². The van der Waals surface area contributed by atoms with Crippen molar-refractivity contribution in [1.29, 1.82) is 0 Å².